The molecule has 0 saturated heterocycles. The first kappa shape index (κ1) is 11.5. The van der Waals surface area contributed by atoms with Crippen LogP contribution in [0.2, 0.25) is 0 Å². The van der Waals surface area contributed by atoms with Crippen LogP contribution in [0.15, 0.2) is 4.52 Å². The Kier molecular flexibility index (Phi) is 4.97. The van der Waals surface area contributed by atoms with Crippen molar-refractivity contribution >= 4 is 11.8 Å². The number of thioether (sulfide) groups is 1. The van der Waals surface area contributed by atoms with E-state index in [1.165, 1.54) is 0 Å². The summed E-state index contributed by atoms with van der Waals surface area (Å²) in [5, 5.41) is 3.90. The molecule has 0 aliphatic rings. The second-order valence-electron chi connectivity index (χ2n) is 3.54. The van der Waals surface area contributed by atoms with E-state index in [0.29, 0.717) is 18.4 Å². The largest absolute Gasteiger partial charge is 0.338 e. The molecule has 1 rings (SSSR count). The van der Waals surface area contributed by atoms with Gasteiger partial charge in [-0.3, -0.25) is 0 Å². The molecule has 5 heteroatoms. The highest BCUT2D eigenvalue weighted by atomic mass is 32.2. The Balaban J connectivity index is 2.35. The second-order valence-corrected chi connectivity index (χ2v) is 4.65. The number of nitrogens with two attached hydrogens (primary N) is 1. The molecule has 0 unspecified atom stereocenters. The molecular weight excluding hydrogens is 198 g/mol. The summed E-state index contributed by atoms with van der Waals surface area (Å²) in [5.41, 5.74) is 5.38. The maximum atomic E-state index is 5.38. The van der Waals surface area contributed by atoms with Crippen LogP contribution in [-0.2, 0) is 12.2 Å². The van der Waals surface area contributed by atoms with Gasteiger partial charge < -0.3 is 10.3 Å². The molecule has 0 fully saturated rings. The summed E-state index contributed by atoms with van der Waals surface area (Å²) >= 11 is 1.72. The molecule has 0 aliphatic carbocycles. The van der Waals surface area contributed by atoms with Gasteiger partial charge in [-0.25, -0.2) is 0 Å². The molecule has 0 radical (unpaired) electrons. The Morgan fingerprint density at radius 2 is 2.29 bits per heavy atom. The zero-order chi connectivity index (χ0) is 10.4. The standard InChI is InChI=1S/C9H17N3OS/c1-7(2)5-8-11-9(13-12-8)6-14-4-3-10/h7H,3-6,10H2,1-2H3. The van der Waals surface area contributed by atoms with Crippen LogP contribution in [0.4, 0.5) is 0 Å². The smallest absolute Gasteiger partial charge is 0.236 e. The van der Waals surface area contributed by atoms with Gasteiger partial charge in [-0.2, -0.15) is 16.7 Å². The van der Waals surface area contributed by atoms with Gasteiger partial charge in [-0.05, 0) is 5.92 Å². The van der Waals surface area contributed by atoms with E-state index in [-0.39, 0.29) is 0 Å². The SMILES string of the molecule is CC(C)Cc1noc(CSCCN)n1. The van der Waals surface area contributed by atoms with Crippen molar-refractivity contribution in [1.82, 2.24) is 10.1 Å². The van der Waals surface area contributed by atoms with Gasteiger partial charge in [0.25, 0.3) is 0 Å². The average molecular weight is 215 g/mol. The first-order valence-electron chi connectivity index (χ1n) is 4.81. The predicted molar refractivity (Wildman–Crippen MR) is 58.1 cm³/mol. The monoisotopic (exact) mass is 215 g/mol. The Hall–Kier alpha value is -0.550. The highest BCUT2D eigenvalue weighted by molar-refractivity contribution is 7.98. The molecular formula is C9H17N3OS. The topological polar surface area (TPSA) is 64.9 Å². The molecule has 0 spiro atoms. The van der Waals surface area contributed by atoms with Gasteiger partial charge in [-0.1, -0.05) is 19.0 Å². The average Bonchev–Trinajstić information content (AvgIpc) is 2.52. The van der Waals surface area contributed by atoms with Crippen LogP contribution in [0.25, 0.3) is 0 Å². The van der Waals surface area contributed by atoms with Crippen LogP contribution in [0.5, 0.6) is 0 Å². The van der Waals surface area contributed by atoms with Gasteiger partial charge >= 0.3 is 0 Å². The lowest BCUT2D eigenvalue weighted by Crippen LogP contribution is -2.01. The lowest BCUT2D eigenvalue weighted by Gasteiger charge is -1.96. The summed E-state index contributed by atoms with van der Waals surface area (Å²) in [5.74, 6) is 3.78. The molecule has 80 valence electrons. The fourth-order valence-corrected chi connectivity index (χ4v) is 1.64. The zero-order valence-electron chi connectivity index (χ0n) is 8.69. The van der Waals surface area contributed by atoms with Crippen molar-refractivity contribution in [3.05, 3.63) is 11.7 Å². The molecule has 1 heterocycles. The van der Waals surface area contributed by atoms with Gasteiger partial charge in [-0.15, -0.1) is 0 Å². The van der Waals surface area contributed by atoms with Crippen molar-refractivity contribution in [3.63, 3.8) is 0 Å². The van der Waals surface area contributed by atoms with Crippen molar-refractivity contribution in [3.8, 4) is 0 Å². The van der Waals surface area contributed by atoms with Crippen LogP contribution in [0.1, 0.15) is 25.6 Å². The van der Waals surface area contributed by atoms with Crippen LogP contribution in [-0.4, -0.2) is 22.4 Å². The van der Waals surface area contributed by atoms with E-state index in [1.54, 1.807) is 11.8 Å². The number of nitrogens with zero attached hydrogens (tertiary/aromatic N) is 2. The van der Waals surface area contributed by atoms with Gasteiger partial charge in [0.15, 0.2) is 5.82 Å². The number of aromatic nitrogens is 2. The van der Waals surface area contributed by atoms with Crippen molar-refractivity contribution in [1.29, 1.82) is 0 Å². The third-order valence-corrected chi connectivity index (χ3v) is 2.56. The summed E-state index contributed by atoms with van der Waals surface area (Å²) < 4.78 is 5.09. The highest BCUT2D eigenvalue weighted by Gasteiger charge is 2.07. The zero-order valence-corrected chi connectivity index (χ0v) is 9.51. The van der Waals surface area contributed by atoms with Crippen LogP contribution < -0.4 is 5.73 Å². The van der Waals surface area contributed by atoms with Crippen molar-refractivity contribution < 1.29 is 4.52 Å². The lowest BCUT2D eigenvalue weighted by atomic mass is 10.1. The molecule has 0 aromatic carbocycles. The highest BCUT2D eigenvalue weighted by Crippen LogP contribution is 2.11. The van der Waals surface area contributed by atoms with Crippen LogP contribution in [0, 0.1) is 5.92 Å². The Bertz CT molecular complexity index is 262. The molecule has 14 heavy (non-hydrogen) atoms. The minimum absolute atomic E-state index is 0.567. The molecule has 2 N–H and O–H groups in total. The molecule has 4 nitrogen and oxygen atoms in total. The Morgan fingerprint density at radius 3 is 2.93 bits per heavy atom. The van der Waals surface area contributed by atoms with E-state index in [2.05, 4.69) is 24.0 Å². The molecule has 1 aromatic rings. The molecule has 1 aromatic heterocycles. The minimum Gasteiger partial charge on any atom is -0.338 e. The summed E-state index contributed by atoms with van der Waals surface area (Å²) in [6.07, 6.45) is 0.880. The fourth-order valence-electron chi connectivity index (χ4n) is 1.04. The number of hydrogen-bond acceptors (Lipinski definition) is 5. The molecule has 0 atom stereocenters. The van der Waals surface area contributed by atoms with Gasteiger partial charge in [0.05, 0.1) is 5.75 Å². The first-order chi connectivity index (χ1) is 6.72. The third kappa shape index (κ3) is 4.11. The van der Waals surface area contributed by atoms with Crippen LogP contribution >= 0.6 is 11.8 Å². The fraction of sp³-hybridized carbons (Fsp3) is 0.778. The Labute approximate surface area is 88.6 Å². The van der Waals surface area contributed by atoms with Gasteiger partial charge in [0.1, 0.15) is 0 Å². The summed E-state index contributed by atoms with van der Waals surface area (Å²) in [4.78, 5) is 4.28. The van der Waals surface area contributed by atoms with Crippen molar-refractivity contribution in [2.24, 2.45) is 11.7 Å². The van der Waals surface area contributed by atoms with Crippen molar-refractivity contribution in [2.45, 2.75) is 26.0 Å². The number of hydrogen-bond donors (Lipinski definition) is 1. The first-order valence-corrected chi connectivity index (χ1v) is 5.97. The predicted octanol–water partition coefficient (Wildman–Crippen LogP) is 1.46. The third-order valence-electron chi connectivity index (χ3n) is 1.59. The van der Waals surface area contributed by atoms with E-state index in [9.17, 15) is 0 Å². The van der Waals surface area contributed by atoms with Crippen LogP contribution in [0.3, 0.4) is 0 Å². The molecule has 0 aliphatic heterocycles. The summed E-state index contributed by atoms with van der Waals surface area (Å²) in [7, 11) is 0. The second kappa shape index (κ2) is 6.03. The van der Waals surface area contributed by atoms with E-state index in [4.69, 9.17) is 10.3 Å². The number of rotatable bonds is 6. The van der Waals surface area contributed by atoms with Gasteiger partial charge in [0.2, 0.25) is 5.89 Å². The normalized spacial score (nSPS) is 11.1. The molecule has 0 amide bonds. The van der Waals surface area contributed by atoms with E-state index >= 15 is 0 Å². The minimum atomic E-state index is 0.567. The summed E-state index contributed by atoms with van der Waals surface area (Å²) in [6.45, 7) is 4.97. The quantitative estimate of drug-likeness (QED) is 0.728. The van der Waals surface area contributed by atoms with E-state index < -0.39 is 0 Å². The van der Waals surface area contributed by atoms with E-state index in [1.807, 2.05) is 0 Å². The Morgan fingerprint density at radius 1 is 1.50 bits per heavy atom. The maximum absolute atomic E-state index is 5.38. The van der Waals surface area contributed by atoms with E-state index in [0.717, 1.165) is 23.8 Å². The van der Waals surface area contributed by atoms with Gasteiger partial charge in [0, 0.05) is 18.7 Å². The lowest BCUT2D eigenvalue weighted by molar-refractivity contribution is 0.382. The summed E-state index contributed by atoms with van der Waals surface area (Å²) in [6, 6.07) is 0. The van der Waals surface area contributed by atoms with Crippen molar-refractivity contribution in [2.75, 3.05) is 12.3 Å². The molecule has 0 saturated carbocycles. The molecule has 0 bridgehead atoms. The maximum Gasteiger partial charge on any atom is 0.236 e.